The van der Waals surface area contributed by atoms with Crippen molar-refractivity contribution in [3.63, 3.8) is 0 Å². The zero-order valence-electron chi connectivity index (χ0n) is 28.1. The fourth-order valence-corrected chi connectivity index (χ4v) is 4.60. The maximum Gasteiger partial charge on any atom is 0.306 e. The van der Waals surface area contributed by atoms with E-state index in [1.807, 2.05) is 6.08 Å². The number of nitrogens with zero attached hydrogens (tertiary/aromatic N) is 1. The number of ether oxygens (including phenoxy) is 3. The Hall–Kier alpha value is -2.19. The Morgan fingerprint density at radius 1 is 0.674 bits per heavy atom. The Bertz CT molecular complexity index is 773. The maximum atomic E-state index is 12.5. The number of carboxylic acid groups (broad SMARTS) is 1. The molecule has 43 heavy (non-hydrogen) atoms. The molecule has 8 heteroatoms. The summed E-state index contributed by atoms with van der Waals surface area (Å²) in [6.07, 6.45) is 25.1. The van der Waals surface area contributed by atoms with E-state index in [9.17, 15) is 19.5 Å². The second-order valence-corrected chi connectivity index (χ2v) is 12.4. The van der Waals surface area contributed by atoms with Gasteiger partial charge >= 0.3 is 11.9 Å². The Morgan fingerprint density at radius 3 is 1.84 bits per heavy atom. The molecule has 250 valence electrons. The molecule has 0 saturated heterocycles. The van der Waals surface area contributed by atoms with E-state index in [4.69, 9.17) is 14.2 Å². The van der Waals surface area contributed by atoms with Crippen LogP contribution >= 0.6 is 0 Å². The molecule has 0 aromatic rings. The summed E-state index contributed by atoms with van der Waals surface area (Å²) in [4.78, 5) is 36.3. The van der Waals surface area contributed by atoms with Crippen molar-refractivity contribution in [1.82, 2.24) is 0 Å². The molecule has 0 aliphatic carbocycles. The molecule has 0 aromatic heterocycles. The van der Waals surface area contributed by atoms with E-state index in [0.717, 1.165) is 51.4 Å². The van der Waals surface area contributed by atoms with Crippen molar-refractivity contribution in [1.29, 1.82) is 0 Å². The van der Waals surface area contributed by atoms with E-state index >= 15 is 0 Å². The van der Waals surface area contributed by atoms with Crippen LogP contribution in [0.3, 0.4) is 0 Å². The van der Waals surface area contributed by atoms with Crippen LogP contribution in [-0.4, -0.2) is 75.5 Å². The molecular weight excluding hydrogens is 546 g/mol. The number of carboxylic acids is 1. The predicted octanol–water partition coefficient (Wildman–Crippen LogP) is 6.46. The summed E-state index contributed by atoms with van der Waals surface area (Å²) in [5, 5.41) is 11.5. The average Bonchev–Trinajstić information content (AvgIpc) is 2.94. The van der Waals surface area contributed by atoms with Crippen molar-refractivity contribution < 1.29 is 38.2 Å². The van der Waals surface area contributed by atoms with Gasteiger partial charge in [0.15, 0.2) is 6.10 Å². The molecule has 2 atom stereocenters. The second kappa shape index (κ2) is 27.4. The summed E-state index contributed by atoms with van der Waals surface area (Å²) in [5.41, 5.74) is 0. The molecule has 8 nitrogen and oxygen atoms in total. The molecule has 0 N–H and O–H groups in total. The van der Waals surface area contributed by atoms with Crippen molar-refractivity contribution in [3.8, 4) is 0 Å². The number of esters is 2. The number of hydrogen-bond acceptors (Lipinski definition) is 7. The molecule has 0 rings (SSSR count). The maximum absolute atomic E-state index is 12.5. The molecular formula is C35H63NO7. The molecule has 2 unspecified atom stereocenters. The highest BCUT2D eigenvalue weighted by Crippen LogP contribution is 2.11. The van der Waals surface area contributed by atoms with Crippen molar-refractivity contribution in [2.24, 2.45) is 0 Å². The lowest BCUT2D eigenvalue weighted by Crippen LogP contribution is -2.55. The Labute approximate surface area is 262 Å². The van der Waals surface area contributed by atoms with E-state index in [-0.39, 0.29) is 49.1 Å². The molecule has 0 fully saturated rings. The minimum atomic E-state index is -1.13. The first-order valence-corrected chi connectivity index (χ1v) is 16.9. The Morgan fingerprint density at radius 2 is 1.23 bits per heavy atom. The van der Waals surface area contributed by atoms with Gasteiger partial charge in [-0.2, -0.15) is 0 Å². The predicted molar refractivity (Wildman–Crippen MR) is 171 cm³/mol. The zero-order valence-corrected chi connectivity index (χ0v) is 28.1. The number of rotatable bonds is 29. The first-order chi connectivity index (χ1) is 20.6. The third kappa shape index (κ3) is 26.0. The summed E-state index contributed by atoms with van der Waals surface area (Å²) >= 11 is 0. The van der Waals surface area contributed by atoms with Crippen molar-refractivity contribution in [3.05, 3.63) is 24.3 Å². The second-order valence-electron chi connectivity index (χ2n) is 12.4. The molecule has 0 bridgehead atoms. The van der Waals surface area contributed by atoms with Crippen LogP contribution in [0.2, 0.25) is 0 Å². The molecule has 0 aliphatic rings. The first kappa shape index (κ1) is 40.8. The molecule has 0 radical (unpaired) electrons. The van der Waals surface area contributed by atoms with Gasteiger partial charge in [0.05, 0.1) is 40.3 Å². The number of aliphatic carboxylic acids is 1. The number of quaternary nitrogens is 1. The number of carbonyl (C=O) groups is 3. The van der Waals surface area contributed by atoms with E-state index in [1.54, 1.807) is 21.1 Å². The number of likely N-dealkylation sites (N-methyl/N-ethyl adjacent to an activating group) is 1. The van der Waals surface area contributed by atoms with E-state index < -0.39 is 18.1 Å². The third-order valence-electron chi connectivity index (χ3n) is 7.32. The molecule has 0 saturated carbocycles. The lowest BCUT2D eigenvalue weighted by atomic mass is 10.1. The van der Waals surface area contributed by atoms with Gasteiger partial charge in [0.1, 0.15) is 12.6 Å². The summed E-state index contributed by atoms with van der Waals surface area (Å²) < 4.78 is 16.9. The largest absolute Gasteiger partial charge is 0.544 e. The molecule has 0 heterocycles. The highest BCUT2D eigenvalue weighted by atomic mass is 16.6. The van der Waals surface area contributed by atoms with Crippen molar-refractivity contribution >= 4 is 17.9 Å². The van der Waals surface area contributed by atoms with E-state index in [1.165, 1.54) is 38.5 Å². The van der Waals surface area contributed by atoms with Crippen LogP contribution in [0.5, 0.6) is 0 Å². The molecule has 0 aromatic carbocycles. The first-order valence-electron chi connectivity index (χ1n) is 16.9. The zero-order chi connectivity index (χ0) is 32.2. The van der Waals surface area contributed by atoms with Gasteiger partial charge in [0.2, 0.25) is 0 Å². The lowest BCUT2D eigenvalue weighted by molar-refractivity contribution is -0.889. The third-order valence-corrected chi connectivity index (χ3v) is 7.32. The van der Waals surface area contributed by atoms with Gasteiger partial charge in [-0.05, 0) is 44.9 Å². The average molecular weight is 610 g/mol. The number of allylic oxidation sites excluding steroid dienone is 4. The minimum absolute atomic E-state index is 0.0271. The molecule has 0 aliphatic heterocycles. The monoisotopic (exact) mass is 609 g/mol. The normalized spacial score (nSPS) is 13.4. The van der Waals surface area contributed by atoms with Crippen LogP contribution in [0.15, 0.2) is 24.3 Å². The Kier molecular flexibility index (Phi) is 26.0. The quantitative estimate of drug-likeness (QED) is 0.0415. The van der Waals surface area contributed by atoms with Gasteiger partial charge in [0, 0.05) is 19.3 Å². The SMILES string of the molecule is CCCC/C=C/CCCCCCCC(=O)OC(COCCC(C(=O)[O-])[N+](C)(C)C)COC(=O)CC/C=C/CCCCCC. The fourth-order valence-electron chi connectivity index (χ4n) is 4.60. The van der Waals surface area contributed by atoms with E-state index in [2.05, 4.69) is 32.1 Å². The van der Waals surface area contributed by atoms with Gasteiger partial charge in [-0.3, -0.25) is 9.59 Å². The molecule has 0 spiro atoms. The van der Waals surface area contributed by atoms with Crippen molar-refractivity contribution in [2.75, 3.05) is 41.0 Å². The van der Waals surface area contributed by atoms with Crippen LogP contribution in [0.25, 0.3) is 0 Å². The summed E-state index contributed by atoms with van der Waals surface area (Å²) in [6, 6.07) is -0.726. The fraction of sp³-hybridized carbons (Fsp3) is 0.800. The highest BCUT2D eigenvalue weighted by Gasteiger charge is 2.25. The van der Waals surface area contributed by atoms with Crippen LogP contribution in [0, 0.1) is 0 Å². The van der Waals surface area contributed by atoms with Crippen LogP contribution in [0.4, 0.5) is 0 Å². The summed E-state index contributed by atoms with van der Waals surface area (Å²) in [7, 11) is 5.37. The molecule has 0 amide bonds. The van der Waals surface area contributed by atoms with Crippen LogP contribution in [0.1, 0.15) is 129 Å². The number of carbonyl (C=O) groups excluding carboxylic acids is 3. The van der Waals surface area contributed by atoms with Crippen LogP contribution < -0.4 is 5.11 Å². The smallest absolute Gasteiger partial charge is 0.306 e. The lowest BCUT2D eigenvalue weighted by Gasteiger charge is -2.34. The van der Waals surface area contributed by atoms with E-state index in [0.29, 0.717) is 12.8 Å². The topological polar surface area (TPSA) is 102 Å². The number of hydrogen-bond donors (Lipinski definition) is 0. The van der Waals surface area contributed by atoms with Gasteiger partial charge in [0.25, 0.3) is 0 Å². The number of unbranched alkanes of at least 4 members (excludes halogenated alkanes) is 11. The van der Waals surface area contributed by atoms with Gasteiger partial charge in [-0.1, -0.05) is 89.5 Å². The van der Waals surface area contributed by atoms with Gasteiger partial charge in [-0.25, -0.2) is 0 Å². The Balaban J connectivity index is 4.55. The standard InChI is InChI=1S/C35H63NO7/c1-6-8-10-12-14-16-17-18-20-22-24-26-34(38)43-31(29-41-28-27-32(35(39)40)36(3,4)5)30-42-33(37)25-23-21-19-15-13-11-9-7-2/h12,14,19,21,31-32H,6-11,13,15-18,20,22-30H2,1-5H3/b14-12+,21-19+. The van der Waals surface area contributed by atoms with Gasteiger partial charge in [-0.15, -0.1) is 0 Å². The highest BCUT2D eigenvalue weighted by molar-refractivity contribution is 5.70. The van der Waals surface area contributed by atoms with Gasteiger partial charge < -0.3 is 28.6 Å². The van der Waals surface area contributed by atoms with Crippen LogP contribution in [-0.2, 0) is 28.6 Å². The van der Waals surface area contributed by atoms with Crippen molar-refractivity contribution in [2.45, 2.75) is 142 Å². The summed E-state index contributed by atoms with van der Waals surface area (Å²) in [5.74, 6) is -1.82. The summed E-state index contributed by atoms with van der Waals surface area (Å²) in [6.45, 7) is 4.49. The minimum Gasteiger partial charge on any atom is -0.544 e.